The molecule has 0 aromatic carbocycles. The summed E-state index contributed by atoms with van der Waals surface area (Å²) in [6.45, 7) is 4.06. The fourth-order valence-corrected chi connectivity index (χ4v) is 2.95. The number of thioether (sulfide) groups is 1. The molecule has 1 amide bonds. The van der Waals surface area contributed by atoms with Gasteiger partial charge in [-0.15, -0.1) is 0 Å². The number of nitrogens with one attached hydrogen (secondary N) is 1. The molecule has 1 aliphatic carbocycles. The summed E-state index contributed by atoms with van der Waals surface area (Å²) in [6, 6.07) is 0.641. The van der Waals surface area contributed by atoms with Crippen molar-refractivity contribution in [2.75, 3.05) is 24.6 Å². The zero-order valence-electron chi connectivity index (χ0n) is 9.37. The van der Waals surface area contributed by atoms with Gasteiger partial charge in [-0.05, 0) is 19.3 Å². The predicted octanol–water partition coefficient (Wildman–Crippen LogP) is 1.09. The first-order chi connectivity index (χ1) is 7.33. The molecule has 1 aliphatic heterocycles. The highest BCUT2D eigenvalue weighted by Crippen LogP contribution is 2.28. The monoisotopic (exact) mass is 228 g/mol. The average molecular weight is 228 g/mol. The summed E-state index contributed by atoms with van der Waals surface area (Å²) in [5.74, 6) is 2.43. The van der Waals surface area contributed by atoms with Crippen molar-refractivity contribution in [1.29, 1.82) is 0 Å². The number of rotatable bonds is 4. The van der Waals surface area contributed by atoms with Gasteiger partial charge < -0.3 is 10.2 Å². The SMILES string of the molecule is CCCN(C(=O)C1CSCCN1)C1CC1. The lowest BCUT2D eigenvalue weighted by molar-refractivity contribution is -0.133. The molecule has 1 atom stereocenters. The molecular formula is C11H20N2OS. The van der Waals surface area contributed by atoms with Crippen LogP contribution in [0.25, 0.3) is 0 Å². The van der Waals surface area contributed by atoms with Crippen molar-refractivity contribution in [3.05, 3.63) is 0 Å². The Morgan fingerprint density at radius 3 is 2.87 bits per heavy atom. The van der Waals surface area contributed by atoms with E-state index in [4.69, 9.17) is 0 Å². The van der Waals surface area contributed by atoms with Gasteiger partial charge >= 0.3 is 0 Å². The van der Waals surface area contributed by atoms with Gasteiger partial charge in [0.15, 0.2) is 0 Å². The van der Waals surface area contributed by atoms with Gasteiger partial charge in [0.25, 0.3) is 0 Å². The van der Waals surface area contributed by atoms with E-state index in [2.05, 4.69) is 17.1 Å². The maximum Gasteiger partial charge on any atom is 0.240 e. The molecule has 0 aromatic heterocycles. The first-order valence-electron chi connectivity index (χ1n) is 5.94. The predicted molar refractivity (Wildman–Crippen MR) is 64.1 cm³/mol. The third-order valence-electron chi connectivity index (χ3n) is 2.95. The highest BCUT2D eigenvalue weighted by Gasteiger charge is 2.35. The molecule has 0 radical (unpaired) electrons. The van der Waals surface area contributed by atoms with Crippen LogP contribution in [0.1, 0.15) is 26.2 Å². The molecule has 1 saturated heterocycles. The van der Waals surface area contributed by atoms with Gasteiger partial charge in [0.1, 0.15) is 0 Å². The molecule has 2 rings (SSSR count). The molecule has 15 heavy (non-hydrogen) atoms. The first kappa shape index (κ1) is 11.3. The number of hydrogen-bond acceptors (Lipinski definition) is 3. The van der Waals surface area contributed by atoms with Crippen molar-refractivity contribution in [3.8, 4) is 0 Å². The zero-order valence-corrected chi connectivity index (χ0v) is 10.2. The van der Waals surface area contributed by atoms with Crippen LogP contribution in [-0.2, 0) is 4.79 Å². The summed E-state index contributed by atoms with van der Waals surface area (Å²) in [6.07, 6.45) is 3.50. The molecular weight excluding hydrogens is 208 g/mol. The van der Waals surface area contributed by atoms with Crippen molar-refractivity contribution in [1.82, 2.24) is 10.2 Å². The lowest BCUT2D eigenvalue weighted by atomic mass is 10.2. The summed E-state index contributed by atoms with van der Waals surface area (Å²) in [5.41, 5.74) is 0. The van der Waals surface area contributed by atoms with Crippen LogP contribution in [0, 0.1) is 0 Å². The van der Waals surface area contributed by atoms with Crippen LogP contribution in [0.2, 0.25) is 0 Å². The Kier molecular flexibility index (Phi) is 3.92. The van der Waals surface area contributed by atoms with Gasteiger partial charge in [0.2, 0.25) is 5.91 Å². The second kappa shape index (κ2) is 5.21. The molecule has 1 unspecified atom stereocenters. The Balaban J connectivity index is 1.90. The Morgan fingerprint density at radius 1 is 1.53 bits per heavy atom. The fourth-order valence-electron chi connectivity index (χ4n) is 2.02. The fraction of sp³-hybridized carbons (Fsp3) is 0.909. The first-order valence-corrected chi connectivity index (χ1v) is 7.10. The van der Waals surface area contributed by atoms with Crippen LogP contribution in [0.3, 0.4) is 0 Å². The van der Waals surface area contributed by atoms with Crippen LogP contribution in [0.5, 0.6) is 0 Å². The van der Waals surface area contributed by atoms with Crippen LogP contribution in [0.15, 0.2) is 0 Å². The molecule has 86 valence electrons. The van der Waals surface area contributed by atoms with Gasteiger partial charge in [-0.1, -0.05) is 6.92 Å². The summed E-state index contributed by atoms with van der Waals surface area (Å²) in [5, 5.41) is 3.33. The summed E-state index contributed by atoms with van der Waals surface area (Å²) in [7, 11) is 0. The van der Waals surface area contributed by atoms with E-state index in [-0.39, 0.29) is 6.04 Å². The van der Waals surface area contributed by atoms with Crippen LogP contribution < -0.4 is 5.32 Å². The van der Waals surface area contributed by atoms with E-state index in [0.717, 1.165) is 31.0 Å². The summed E-state index contributed by atoms with van der Waals surface area (Å²) < 4.78 is 0. The van der Waals surface area contributed by atoms with Gasteiger partial charge in [0.05, 0.1) is 6.04 Å². The van der Waals surface area contributed by atoms with Gasteiger partial charge in [-0.2, -0.15) is 11.8 Å². The summed E-state index contributed by atoms with van der Waals surface area (Å²) in [4.78, 5) is 14.3. The molecule has 2 aliphatic rings. The van der Waals surface area contributed by atoms with Gasteiger partial charge in [-0.25, -0.2) is 0 Å². The number of hydrogen-bond donors (Lipinski definition) is 1. The highest BCUT2D eigenvalue weighted by molar-refractivity contribution is 7.99. The van der Waals surface area contributed by atoms with E-state index < -0.39 is 0 Å². The van der Waals surface area contributed by atoms with Crippen molar-refractivity contribution >= 4 is 17.7 Å². The minimum atomic E-state index is 0.0795. The second-order valence-corrected chi connectivity index (χ2v) is 5.49. The molecule has 4 heteroatoms. The minimum Gasteiger partial charge on any atom is -0.338 e. The van der Waals surface area contributed by atoms with Gasteiger partial charge in [0, 0.05) is 30.6 Å². The maximum atomic E-state index is 12.2. The van der Waals surface area contributed by atoms with Crippen molar-refractivity contribution < 1.29 is 4.79 Å². The smallest absolute Gasteiger partial charge is 0.240 e. The standard InChI is InChI=1S/C11H20N2OS/c1-2-6-13(9-3-4-9)11(14)10-8-15-7-5-12-10/h9-10,12H,2-8H2,1H3. The van der Waals surface area contributed by atoms with Crippen molar-refractivity contribution in [3.63, 3.8) is 0 Å². The lowest BCUT2D eigenvalue weighted by Gasteiger charge is -2.29. The molecule has 1 saturated carbocycles. The van der Waals surface area contributed by atoms with E-state index in [0.29, 0.717) is 11.9 Å². The molecule has 1 N–H and O–H groups in total. The third kappa shape index (κ3) is 2.88. The van der Waals surface area contributed by atoms with Crippen LogP contribution in [0.4, 0.5) is 0 Å². The lowest BCUT2D eigenvalue weighted by Crippen LogP contribution is -2.51. The van der Waals surface area contributed by atoms with Crippen LogP contribution in [-0.4, -0.2) is 47.5 Å². The number of nitrogens with zero attached hydrogens (tertiary/aromatic N) is 1. The number of carbonyl (C=O) groups excluding carboxylic acids is 1. The number of carbonyl (C=O) groups is 1. The molecule has 0 bridgehead atoms. The maximum absolute atomic E-state index is 12.2. The molecule has 3 nitrogen and oxygen atoms in total. The topological polar surface area (TPSA) is 32.3 Å². The normalized spacial score (nSPS) is 26.3. The summed E-state index contributed by atoms with van der Waals surface area (Å²) >= 11 is 1.89. The average Bonchev–Trinajstić information content (AvgIpc) is 3.10. The van der Waals surface area contributed by atoms with Gasteiger partial charge in [-0.3, -0.25) is 4.79 Å². The Labute approximate surface area is 96.0 Å². The van der Waals surface area contributed by atoms with Crippen molar-refractivity contribution in [2.45, 2.75) is 38.3 Å². The number of amides is 1. The van der Waals surface area contributed by atoms with Crippen LogP contribution >= 0.6 is 11.8 Å². The minimum absolute atomic E-state index is 0.0795. The van der Waals surface area contributed by atoms with E-state index in [1.165, 1.54) is 12.8 Å². The van der Waals surface area contributed by atoms with E-state index in [1.54, 1.807) is 0 Å². The zero-order chi connectivity index (χ0) is 10.7. The molecule has 0 spiro atoms. The molecule has 0 aromatic rings. The molecule has 2 fully saturated rings. The Morgan fingerprint density at radius 2 is 2.33 bits per heavy atom. The largest absolute Gasteiger partial charge is 0.338 e. The molecule has 1 heterocycles. The quantitative estimate of drug-likeness (QED) is 0.782. The van der Waals surface area contributed by atoms with E-state index in [9.17, 15) is 4.79 Å². The van der Waals surface area contributed by atoms with E-state index in [1.807, 2.05) is 11.8 Å². The highest BCUT2D eigenvalue weighted by atomic mass is 32.2. The Hall–Kier alpha value is -0.220. The van der Waals surface area contributed by atoms with Crippen molar-refractivity contribution in [2.24, 2.45) is 0 Å². The Bertz CT molecular complexity index is 225. The second-order valence-electron chi connectivity index (χ2n) is 4.34. The van der Waals surface area contributed by atoms with E-state index >= 15 is 0 Å². The third-order valence-corrected chi connectivity index (χ3v) is 4.02.